The van der Waals surface area contributed by atoms with Gasteiger partial charge >= 0.3 is 5.97 Å². The van der Waals surface area contributed by atoms with E-state index in [0.29, 0.717) is 12.2 Å². The minimum absolute atomic E-state index is 0.300. The quantitative estimate of drug-likeness (QED) is 0.520. The first-order valence-corrected chi connectivity index (χ1v) is 7.50. The van der Waals surface area contributed by atoms with Crippen LogP contribution < -0.4 is 0 Å². The lowest BCUT2D eigenvalue weighted by Crippen LogP contribution is -2.06. The molecule has 0 aliphatic heterocycles. The number of hydrogen-bond acceptors (Lipinski definition) is 2. The Hall–Kier alpha value is -1.35. The fourth-order valence-corrected chi connectivity index (χ4v) is 2.10. The molecule has 0 aromatic heterocycles. The van der Waals surface area contributed by atoms with E-state index in [9.17, 15) is 4.79 Å². The van der Waals surface area contributed by atoms with Crippen LogP contribution in [0.25, 0.3) is 0 Å². The minimum atomic E-state index is -0.300. The molecular formula is C17H21BrO2. The monoisotopic (exact) mass is 336 g/mol. The summed E-state index contributed by atoms with van der Waals surface area (Å²) in [6, 6.07) is 7.27. The number of hydrogen-bond donors (Lipinski definition) is 0. The summed E-state index contributed by atoms with van der Waals surface area (Å²) in [7, 11) is 0. The summed E-state index contributed by atoms with van der Waals surface area (Å²) in [5.41, 5.74) is 3.13. The van der Waals surface area contributed by atoms with Crippen molar-refractivity contribution in [1.82, 2.24) is 0 Å². The van der Waals surface area contributed by atoms with Gasteiger partial charge in [-0.3, -0.25) is 0 Å². The van der Waals surface area contributed by atoms with Crippen molar-refractivity contribution in [2.75, 3.05) is 6.61 Å². The van der Waals surface area contributed by atoms with Gasteiger partial charge in [-0.15, -0.1) is 0 Å². The zero-order valence-electron chi connectivity index (χ0n) is 12.3. The average Bonchev–Trinajstić information content (AvgIpc) is 2.38. The van der Waals surface area contributed by atoms with Crippen molar-refractivity contribution >= 4 is 21.9 Å². The smallest absolute Gasteiger partial charge is 0.339 e. The summed E-state index contributed by atoms with van der Waals surface area (Å²) < 4.78 is 6.00. The number of carbonyl (C=O) groups excluding carboxylic acids is 1. The third-order valence-electron chi connectivity index (χ3n) is 2.83. The Kier molecular flexibility index (Phi) is 7.31. The summed E-state index contributed by atoms with van der Waals surface area (Å²) in [6.45, 7) is 6.57. The molecule has 0 saturated carbocycles. The van der Waals surface area contributed by atoms with Gasteiger partial charge in [0.1, 0.15) is 6.61 Å². The van der Waals surface area contributed by atoms with Crippen molar-refractivity contribution in [3.63, 3.8) is 0 Å². The maximum absolute atomic E-state index is 11.9. The molecule has 2 nitrogen and oxygen atoms in total. The number of halogens is 1. The highest BCUT2D eigenvalue weighted by Gasteiger charge is 2.09. The second-order valence-electron chi connectivity index (χ2n) is 4.95. The molecule has 20 heavy (non-hydrogen) atoms. The Morgan fingerprint density at radius 2 is 1.90 bits per heavy atom. The first-order valence-electron chi connectivity index (χ1n) is 6.71. The number of allylic oxidation sites excluding steroid dienone is 3. The van der Waals surface area contributed by atoms with Crippen molar-refractivity contribution in [2.45, 2.75) is 33.6 Å². The molecule has 1 aromatic carbocycles. The highest BCUT2D eigenvalue weighted by Crippen LogP contribution is 2.16. The van der Waals surface area contributed by atoms with E-state index < -0.39 is 0 Å². The van der Waals surface area contributed by atoms with Gasteiger partial charge in [0, 0.05) is 4.47 Å². The molecule has 0 saturated heterocycles. The zero-order chi connectivity index (χ0) is 15.0. The highest BCUT2D eigenvalue weighted by atomic mass is 79.9. The first-order chi connectivity index (χ1) is 9.50. The molecule has 0 bridgehead atoms. The van der Waals surface area contributed by atoms with E-state index in [1.54, 1.807) is 6.07 Å². The molecule has 108 valence electrons. The maximum atomic E-state index is 11.9. The summed E-state index contributed by atoms with van der Waals surface area (Å²) in [5, 5.41) is 0. The van der Waals surface area contributed by atoms with Crippen LogP contribution in [0.15, 0.2) is 52.0 Å². The molecule has 0 aliphatic rings. The lowest BCUT2D eigenvalue weighted by molar-refractivity contribution is 0.0548. The molecule has 0 radical (unpaired) electrons. The Morgan fingerprint density at radius 1 is 1.20 bits per heavy atom. The van der Waals surface area contributed by atoms with Gasteiger partial charge in [0.15, 0.2) is 0 Å². The molecule has 0 heterocycles. The van der Waals surface area contributed by atoms with Crippen LogP contribution in [0.3, 0.4) is 0 Å². The molecule has 0 spiro atoms. The van der Waals surface area contributed by atoms with E-state index >= 15 is 0 Å². The molecule has 0 aliphatic carbocycles. The molecule has 1 rings (SSSR count). The van der Waals surface area contributed by atoms with Crippen LogP contribution in [-0.2, 0) is 4.74 Å². The first kappa shape index (κ1) is 16.7. The fraction of sp³-hybridized carbons (Fsp3) is 0.353. The Bertz CT molecular complexity index is 511. The van der Waals surface area contributed by atoms with Gasteiger partial charge in [0.2, 0.25) is 0 Å². The van der Waals surface area contributed by atoms with Gasteiger partial charge in [-0.05, 0) is 67.8 Å². The lowest BCUT2D eigenvalue weighted by Gasteiger charge is -2.05. The SMILES string of the molecule is CC(C)=CCC/C(C)=C/COC(=O)c1ccccc1Br. The largest absolute Gasteiger partial charge is 0.458 e. The second-order valence-corrected chi connectivity index (χ2v) is 5.80. The Labute approximate surface area is 129 Å². The molecule has 0 N–H and O–H groups in total. The van der Waals surface area contributed by atoms with Crippen LogP contribution in [0.1, 0.15) is 44.0 Å². The van der Waals surface area contributed by atoms with Crippen molar-refractivity contribution < 1.29 is 9.53 Å². The molecule has 0 amide bonds. The van der Waals surface area contributed by atoms with Gasteiger partial charge in [0.05, 0.1) is 5.56 Å². The van der Waals surface area contributed by atoms with Crippen LogP contribution in [0.4, 0.5) is 0 Å². The predicted molar refractivity (Wildman–Crippen MR) is 86.8 cm³/mol. The number of rotatable bonds is 6. The number of esters is 1. The van der Waals surface area contributed by atoms with Gasteiger partial charge in [-0.25, -0.2) is 4.79 Å². The van der Waals surface area contributed by atoms with E-state index in [4.69, 9.17) is 4.74 Å². The fourth-order valence-electron chi connectivity index (χ4n) is 1.65. The lowest BCUT2D eigenvalue weighted by atomic mass is 10.1. The van der Waals surface area contributed by atoms with Crippen molar-refractivity contribution in [2.24, 2.45) is 0 Å². The van der Waals surface area contributed by atoms with E-state index in [2.05, 4.69) is 42.8 Å². The Morgan fingerprint density at radius 3 is 2.55 bits per heavy atom. The van der Waals surface area contributed by atoms with Gasteiger partial charge in [0.25, 0.3) is 0 Å². The van der Waals surface area contributed by atoms with E-state index in [1.165, 1.54) is 11.1 Å². The molecule has 3 heteroatoms. The highest BCUT2D eigenvalue weighted by molar-refractivity contribution is 9.10. The summed E-state index contributed by atoms with van der Waals surface area (Å²) >= 11 is 3.34. The zero-order valence-corrected chi connectivity index (χ0v) is 13.9. The van der Waals surface area contributed by atoms with Crippen LogP contribution in [0.5, 0.6) is 0 Å². The predicted octanol–water partition coefficient (Wildman–Crippen LogP) is 5.30. The summed E-state index contributed by atoms with van der Waals surface area (Å²) in [6.07, 6.45) is 6.21. The normalized spacial score (nSPS) is 11.1. The Balaban J connectivity index is 2.42. The molecule has 0 atom stereocenters. The topological polar surface area (TPSA) is 26.3 Å². The minimum Gasteiger partial charge on any atom is -0.458 e. The van der Waals surface area contributed by atoms with Crippen LogP contribution in [0.2, 0.25) is 0 Å². The van der Waals surface area contributed by atoms with Crippen LogP contribution >= 0.6 is 15.9 Å². The molecule has 0 unspecified atom stereocenters. The van der Waals surface area contributed by atoms with Crippen molar-refractivity contribution in [3.05, 3.63) is 57.6 Å². The average molecular weight is 337 g/mol. The van der Waals surface area contributed by atoms with E-state index in [-0.39, 0.29) is 5.97 Å². The van der Waals surface area contributed by atoms with Crippen LogP contribution in [-0.4, -0.2) is 12.6 Å². The third kappa shape index (κ3) is 6.20. The van der Waals surface area contributed by atoms with Crippen molar-refractivity contribution in [3.8, 4) is 0 Å². The van der Waals surface area contributed by atoms with Gasteiger partial charge < -0.3 is 4.74 Å². The van der Waals surface area contributed by atoms with Crippen LogP contribution in [0, 0.1) is 0 Å². The third-order valence-corrected chi connectivity index (χ3v) is 3.52. The standard InChI is InChI=1S/C17H21BrO2/c1-13(2)7-6-8-14(3)11-12-20-17(19)15-9-4-5-10-16(15)18/h4-5,7,9-11H,6,8,12H2,1-3H3/b14-11+. The number of benzene rings is 1. The van der Waals surface area contributed by atoms with E-state index in [0.717, 1.165) is 17.3 Å². The number of carbonyl (C=O) groups is 1. The second kappa shape index (κ2) is 8.75. The summed E-state index contributed by atoms with van der Waals surface area (Å²) in [4.78, 5) is 11.9. The van der Waals surface area contributed by atoms with Gasteiger partial charge in [-0.1, -0.05) is 29.4 Å². The molecular weight excluding hydrogens is 316 g/mol. The molecule has 1 aromatic rings. The van der Waals surface area contributed by atoms with Crippen molar-refractivity contribution in [1.29, 1.82) is 0 Å². The number of ether oxygens (including phenoxy) is 1. The van der Waals surface area contributed by atoms with Gasteiger partial charge in [-0.2, -0.15) is 0 Å². The van der Waals surface area contributed by atoms with E-state index in [1.807, 2.05) is 24.3 Å². The summed E-state index contributed by atoms with van der Waals surface area (Å²) in [5.74, 6) is -0.300. The maximum Gasteiger partial charge on any atom is 0.339 e. The molecule has 0 fully saturated rings.